The van der Waals surface area contributed by atoms with E-state index in [2.05, 4.69) is 25.9 Å². The molecule has 0 radical (unpaired) electrons. The maximum absolute atomic E-state index is 12.4. The standard InChI is InChI=1S/C24H28N6O2/c1-16-13-17(14-25)5-6-20(16)28-21-19-9-12-30(22(19)27-15-26-21)18-7-10-29(11-8-18)23(31)32-24(2,3)4/h5-6,9,12-13,15,18H,7-8,10-11H2,1-4H3,(H,26,27,28). The highest BCUT2D eigenvalue weighted by Crippen LogP contribution is 2.31. The Balaban J connectivity index is 1.51. The SMILES string of the molecule is Cc1cc(C#N)ccc1Nc1ncnc2c1ccn2C1CCN(C(=O)OC(C)(C)C)CC1. The number of nitrogens with zero attached hydrogens (tertiary/aromatic N) is 5. The van der Waals surface area contributed by atoms with Crippen LogP contribution in [0.4, 0.5) is 16.3 Å². The number of piperidine rings is 1. The van der Waals surface area contributed by atoms with Gasteiger partial charge in [0, 0.05) is 31.0 Å². The molecule has 2 aromatic heterocycles. The molecule has 8 heteroatoms. The number of nitrogens with one attached hydrogen (secondary N) is 1. The van der Waals surface area contributed by atoms with Crippen LogP contribution in [0.2, 0.25) is 0 Å². The van der Waals surface area contributed by atoms with E-state index in [0.717, 1.165) is 40.9 Å². The number of hydrogen-bond donors (Lipinski definition) is 1. The van der Waals surface area contributed by atoms with Gasteiger partial charge in [-0.05, 0) is 70.4 Å². The fraction of sp³-hybridized carbons (Fsp3) is 0.417. The van der Waals surface area contributed by atoms with E-state index in [1.165, 1.54) is 0 Å². The molecule has 0 aliphatic carbocycles. The van der Waals surface area contributed by atoms with E-state index in [4.69, 9.17) is 10.00 Å². The molecule has 1 aliphatic rings. The maximum atomic E-state index is 12.4. The molecule has 0 bridgehead atoms. The summed E-state index contributed by atoms with van der Waals surface area (Å²) in [7, 11) is 0. The van der Waals surface area contributed by atoms with Crippen LogP contribution in [-0.4, -0.2) is 44.2 Å². The maximum Gasteiger partial charge on any atom is 0.410 e. The van der Waals surface area contributed by atoms with Gasteiger partial charge in [0.1, 0.15) is 23.4 Å². The number of hydrogen-bond acceptors (Lipinski definition) is 6. The molecule has 1 amide bonds. The number of ether oxygens (including phenoxy) is 1. The monoisotopic (exact) mass is 432 g/mol. The molecule has 0 unspecified atom stereocenters. The van der Waals surface area contributed by atoms with Crippen molar-refractivity contribution in [3.8, 4) is 6.07 Å². The average Bonchev–Trinajstić information content (AvgIpc) is 3.19. The van der Waals surface area contributed by atoms with Crippen molar-refractivity contribution in [2.45, 2.75) is 52.2 Å². The first-order chi connectivity index (χ1) is 15.2. The molecule has 0 spiro atoms. The van der Waals surface area contributed by atoms with Crippen LogP contribution in [0.25, 0.3) is 11.0 Å². The first-order valence-corrected chi connectivity index (χ1v) is 10.8. The number of carbonyl (C=O) groups excluding carboxylic acids is 1. The lowest BCUT2D eigenvalue weighted by atomic mass is 10.1. The number of amides is 1. The Labute approximate surface area is 187 Å². The van der Waals surface area contributed by atoms with Crippen LogP contribution in [0.15, 0.2) is 36.8 Å². The summed E-state index contributed by atoms with van der Waals surface area (Å²) in [5.74, 6) is 0.729. The largest absolute Gasteiger partial charge is 0.444 e. The molecule has 1 fully saturated rings. The number of carbonyl (C=O) groups is 1. The molecule has 8 nitrogen and oxygen atoms in total. The first kappa shape index (κ1) is 21.6. The number of anilines is 2. The van der Waals surface area contributed by atoms with Gasteiger partial charge in [0.25, 0.3) is 0 Å². The molecule has 1 aromatic carbocycles. The predicted molar refractivity (Wildman–Crippen MR) is 123 cm³/mol. The zero-order valence-electron chi connectivity index (χ0n) is 18.9. The Kier molecular flexibility index (Phi) is 5.74. The molecule has 166 valence electrons. The third-order valence-electron chi connectivity index (χ3n) is 5.63. The number of rotatable bonds is 3. The lowest BCUT2D eigenvalue weighted by Gasteiger charge is -2.34. The van der Waals surface area contributed by atoms with Gasteiger partial charge < -0.3 is 19.5 Å². The molecule has 0 saturated carbocycles. The summed E-state index contributed by atoms with van der Waals surface area (Å²) < 4.78 is 7.68. The summed E-state index contributed by atoms with van der Waals surface area (Å²) in [5, 5.41) is 13.4. The normalized spacial score (nSPS) is 14.9. The number of fused-ring (bicyclic) bond motifs is 1. The smallest absolute Gasteiger partial charge is 0.410 e. The first-order valence-electron chi connectivity index (χ1n) is 10.8. The second-order valence-electron chi connectivity index (χ2n) is 9.15. The Morgan fingerprint density at radius 1 is 1.22 bits per heavy atom. The average molecular weight is 433 g/mol. The van der Waals surface area contributed by atoms with Gasteiger partial charge in [0.2, 0.25) is 0 Å². The highest BCUT2D eigenvalue weighted by atomic mass is 16.6. The third-order valence-corrected chi connectivity index (χ3v) is 5.63. The van der Waals surface area contributed by atoms with Crippen LogP contribution >= 0.6 is 0 Å². The topological polar surface area (TPSA) is 96.1 Å². The zero-order valence-corrected chi connectivity index (χ0v) is 18.9. The second kappa shape index (κ2) is 8.50. The summed E-state index contributed by atoms with van der Waals surface area (Å²) in [5.41, 5.74) is 2.89. The number of likely N-dealkylation sites (tertiary alicyclic amines) is 1. The van der Waals surface area contributed by atoms with Crippen LogP contribution in [0.3, 0.4) is 0 Å². The predicted octanol–water partition coefficient (Wildman–Crippen LogP) is 4.93. The fourth-order valence-electron chi connectivity index (χ4n) is 4.02. The fourth-order valence-corrected chi connectivity index (χ4v) is 4.02. The second-order valence-corrected chi connectivity index (χ2v) is 9.15. The van der Waals surface area contributed by atoms with Crippen molar-refractivity contribution in [1.82, 2.24) is 19.4 Å². The van der Waals surface area contributed by atoms with Crippen molar-refractivity contribution in [1.29, 1.82) is 5.26 Å². The van der Waals surface area contributed by atoms with Crippen molar-refractivity contribution >= 4 is 28.6 Å². The molecule has 4 rings (SSSR count). The van der Waals surface area contributed by atoms with Gasteiger partial charge in [-0.15, -0.1) is 0 Å². The molecule has 32 heavy (non-hydrogen) atoms. The highest BCUT2D eigenvalue weighted by molar-refractivity contribution is 5.89. The Morgan fingerprint density at radius 3 is 2.62 bits per heavy atom. The molecular formula is C24H28N6O2. The minimum atomic E-state index is -0.488. The van der Waals surface area contributed by atoms with E-state index in [-0.39, 0.29) is 12.1 Å². The van der Waals surface area contributed by atoms with Gasteiger partial charge in [-0.25, -0.2) is 14.8 Å². The quantitative estimate of drug-likeness (QED) is 0.631. The van der Waals surface area contributed by atoms with Crippen molar-refractivity contribution in [3.63, 3.8) is 0 Å². The molecular weight excluding hydrogens is 404 g/mol. The molecule has 0 atom stereocenters. The lowest BCUT2D eigenvalue weighted by Crippen LogP contribution is -2.42. The van der Waals surface area contributed by atoms with Crippen LogP contribution < -0.4 is 5.32 Å². The van der Waals surface area contributed by atoms with Crippen LogP contribution in [-0.2, 0) is 4.74 Å². The Bertz CT molecular complexity index is 1180. The molecule has 1 saturated heterocycles. The minimum Gasteiger partial charge on any atom is -0.444 e. The van der Waals surface area contributed by atoms with Gasteiger partial charge in [-0.1, -0.05) is 0 Å². The summed E-state index contributed by atoms with van der Waals surface area (Å²) in [4.78, 5) is 23.1. The number of aryl methyl sites for hydroxylation is 1. The highest BCUT2D eigenvalue weighted by Gasteiger charge is 2.28. The van der Waals surface area contributed by atoms with Crippen LogP contribution in [0, 0.1) is 18.3 Å². The molecule has 3 aromatic rings. The van der Waals surface area contributed by atoms with Crippen LogP contribution in [0.1, 0.15) is 50.8 Å². The summed E-state index contributed by atoms with van der Waals surface area (Å²) in [6.45, 7) is 8.92. The third kappa shape index (κ3) is 4.52. The number of aromatic nitrogens is 3. The lowest BCUT2D eigenvalue weighted by molar-refractivity contribution is 0.0189. The van der Waals surface area contributed by atoms with Gasteiger partial charge in [-0.2, -0.15) is 5.26 Å². The molecule has 1 aliphatic heterocycles. The van der Waals surface area contributed by atoms with E-state index in [1.807, 2.05) is 52.1 Å². The van der Waals surface area contributed by atoms with E-state index in [0.29, 0.717) is 18.7 Å². The minimum absolute atomic E-state index is 0.250. The summed E-state index contributed by atoms with van der Waals surface area (Å²) in [6, 6.07) is 9.97. The van der Waals surface area contributed by atoms with E-state index in [9.17, 15) is 4.79 Å². The van der Waals surface area contributed by atoms with E-state index < -0.39 is 5.60 Å². The van der Waals surface area contributed by atoms with E-state index in [1.54, 1.807) is 17.3 Å². The Hall–Kier alpha value is -3.60. The number of nitriles is 1. The summed E-state index contributed by atoms with van der Waals surface area (Å²) >= 11 is 0. The van der Waals surface area contributed by atoms with Crippen LogP contribution in [0.5, 0.6) is 0 Å². The van der Waals surface area contributed by atoms with Gasteiger partial charge in [0.15, 0.2) is 0 Å². The molecule has 1 N–H and O–H groups in total. The summed E-state index contributed by atoms with van der Waals surface area (Å²) in [6.07, 6.45) is 5.04. The van der Waals surface area contributed by atoms with E-state index >= 15 is 0 Å². The molecule has 3 heterocycles. The van der Waals surface area contributed by atoms with Gasteiger partial charge in [0.05, 0.1) is 17.0 Å². The van der Waals surface area contributed by atoms with Crippen molar-refractivity contribution in [3.05, 3.63) is 47.9 Å². The van der Waals surface area contributed by atoms with Gasteiger partial charge >= 0.3 is 6.09 Å². The van der Waals surface area contributed by atoms with Gasteiger partial charge in [-0.3, -0.25) is 0 Å². The van der Waals surface area contributed by atoms with Crippen molar-refractivity contribution in [2.75, 3.05) is 18.4 Å². The number of benzene rings is 1. The zero-order chi connectivity index (χ0) is 22.9. The van der Waals surface area contributed by atoms with Crippen molar-refractivity contribution in [2.24, 2.45) is 0 Å². The Morgan fingerprint density at radius 2 is 1.97 bits per heavy atom. The van der Waals surface area contributed by atoms with Crippen molar-refractivity contribution < 1.29 is 9.53 Å².